The van der Waals surface area contributed by atoms with Gasteiger partial charge in [0.25, 0.3) is 5.78 Å². The molecular weight excluding hydrogens is 214 g/mol. The van der Waals surface area contributed by atoms with Gasteiger partial charge in [-0.15, -0.1) is 0 Å². The van der Waals surface area contributed by atoms with Gasteiger partial charge in [0.2, 0.25) is 6.23 Å². The molecule has 1 aliphatic heterocycles. The van der Waals surface area contributed by atoms with Crippen molar-refractivity contribution in [2.45, 2.75) is 6.23 Å². The maximum atomic E-state index is 11.5. The Hall–Kier alpha value is -2.21. The summed E-state index contributed by atoms with van der Waals surface area (Å²) in [5, 5.41) is 17.9. The molecule has 2 rings (SSSR count). The average Bonchev–Trinajstić information content (AvgIpc) is 2.52. The number of amides is 1. The van der Waals surface area contributed by atoms with Crippen LogP contribution in [0.1, 0.15) is 10.4 Å². The fraction of sp³-hybridized carbons (Fsp3) is 0.100. The molecule has 82 valence electrons. The summed E-state index contributed by atoms with van der Waals surface area (Å²) in [7, 11) is 0. The highest BCUT2D eigenvalue weighted by Crippen LogP contribution is 2.29. The molecule has 0 bridgehead atoms. The second-order valence-corrected chi connectivity index (χ2v) is 3.23. The molecule has 0 radical (unpaired) electrons. The molecule has 0 spiro atoms. The van der Waals surface area contributed by atoms with E-state index in [1.54, 1.807) is 12.1 Å². The topological polar surface area (TPSA) is 94.9 Å². The number of fused-ring (bicyclic) bond motifs is 1. The minimum Gasteiger partial charge on any atom is -0.478 e. The van der Waals surface area contributed by atoms with E-state index < -0.39 is 23.9 Å². The second kappa shape index (κ2) is 3.42. The van der Waals surface area contributed by atoms with Crippen molar-refractivity contribution < 1.29 is 24.6 Å². The zero-order chi connectivity index (χ0) is 11.9. The summed E-state index contributed by atoms with van der Waals surface area (Å²) in [5.74, 6) is -3.43. The number of carboxylic acid groups (broad SMARTS) is 1. The number of benzene rings is 1. The number of ketones is 1. The van der Waals surface area contributed by atoms with Crippen LogP contribution in [0.25, 0.3) is 0 Å². The fourth-order valence-corrected chi connectivity index (χ4v) is 1.56. The summed E-state index contributed by atoms with van der Waals surface area (Å²) in [6.07, 6.45) is -2.04. The molecule has 0 fully saturated rings. The number of aliphatic carboxylic acids is 1. The van der Waals surface area contributed by atoms with E-state index >= 15 is 0 Å². The third-order valence-electron chi connectivity index (χ3n) is 2.29. The van der Waals surface area contributed by atoms with Gasteiger partial charge in [-0.05, 0) is 12.1 Å². The third kappa shape index (κ3) is 1.28. The average molecular weight is 221 g/mol. The van der Waals surface area contributed by atoms with E-state index in [1.807, 2.05) is 0 Å². The van der Waals surface area contributed by atoms with Gasteiger partial charge >= 0.3 is 11.9 Å². The van der Waals surface area contributed by atoms with Gasteiger partial charge in [0, 0.05) is 0 Å². The molecule has 1 aliphatic rings. The molecular formula is C10H7NO5. The van der Waals surface area contributed by atoms with E-state index in [9.17, 15) is 19.5 Å². The highest BCUT2D eigenvalue weighted by molar-refractivity contribution is 6.52. The zero-order valence-corrected chi connectivity index (χ0v) is 7.95. The van der Waals surface area contributed by atoms with E-state index in [0.717, 1.165) is 0 Å². The molecule has 6 nitrogen and oxygen atoms in total. The lowest BCUT2D eigenvalue weighted by atomic mass is 10.1. The van der Waals surface area contributed by atoms with Crippen LogP contribution in [0.2, 0.25) is 0 Å². The minimum atomic E-state index is -2.04. The molecule has 1 heterocycles. The van der Waals surface area contributed by atoms with Crippen LogP contribution in [0.4, 0.5) is 5.69 Å². The molecule has 16 heavy (non-hydrogen) atoms. The van der Waals surface area contributed by atoms with Gasteiger partial charge in [-0.3, -0.25) is 14.5 Å². The summed E-state index contributed by atoms with van der Waals surface area (Å²) in [6.45, 7) is 0. The monoisotopic (exact) mass is 221 g/mol. The Labute approximate surface area is 89.7 Å². The van der Waals surface area contributed by atoms with Crippen molar-refractivity contribution in [2.24, 2.45) is 0 Å². The highest BCUT2D eigenvalue weighted by Gasteiger charge is 2.41. The van der Waals surface area contributed by atoms with Crippen molar-refractivity contribution in [3.63, 3.8) is 0 Å². The number of aliphatic hydroxyl groups is 1. The summed E-state index contributed by atoms with van der Waals surface area (Å²) in [4.78, 5) is 34.1. The molecule has 1 amide bonds. The Morgan fingerprint density at radius 3 is 2.50 bits per heavy atom. The van der Waals surface area contributed by atoms with Crippen LogP contribution in [0.5, 0.6) is 0 Å². The van der Waals surface area contributed by atoms with E-state index in [0.29, 0.717) is 4.90 Å². The van der Waals surface area contributed by atoms with Gasteiger partial charge in [-0.2, -0.15) is 0 Å². The maximum absolute atomic E-state index is 11.5. The number of hydrogen-bond acceptors (Lipinski definition) is 4. The summed E-state index contributed by atoms with van der Waals surface area (Å²) < 4.78 is 0. The number of para-hydroxylation sites is 1. The molecule has 1 aromatic carbocycles. The van der Waals surface area contributed by atoms with Gasteiger partial charge in [0.1, 0.15) is 0 Å². The number of nitrogens with zero attached hydrogens (tertiary/aromatic N) is 1. The Kier molecular flexibility index (Phi) is 2.21. The number of carboxylic acids is 1. The molecule has 1 unspecified atom stereocenters. The molecule has 6 heteroatoms. The normalized spacial score (nSPS) is 16.2. The number of anilines is 1. The first-order valence-electron chi connectivity index (χ1n) is 4.42. The highest BCUT2D eigenvalue weighted by atomic mass is 16.4. The summed E-state index contributed by atoms with van der Waals surface area (Å²) in [5.41, 5.74) is 0.222. The van der Waals surface area contributed by atoms with Gasteiger partial charge in [0.15, 0.2) is 0 Å². The predicted molar refractivity (Wildman–Crippen MR) is 51.9 cm³/mol. The number of Topliss-reactive ketones (excluding diaryl/α,β-unsaturated/α-hetero) is 1. The SMILES string of the molecule is O=C1C(=O)N(C(O)C(=O)O)c2ccccc21. The first kappa shape index (κ1) is 10.3. The van der Waals surface area contributed by atoms with Crippen molar-refractivity contribution in [1.82, 2.24) is 0 Å². The van der Waals surface area contributed by atoms with Crippen molar-refractivity contribution in [2.75, 3.05) is 4.90 Å². The second-order valence-electron chi connectivity index (χ2n) is 3.23. The van der Waals surface area contributed by atoms with E-state index in [-0.39, 0.29) is 11.3 Å². The first-order valence-corrected chi connectivity index (χ1v) is 4.42. The fourth-order valence-electron chi connectivity index (χ4n) is 1.56. The first-order chi connectivity index (χ1) is 7.54. The number of aliphatic hydroxyl groups excluding tert-OH is 1. The Morgan fingerprint density at radius 2 is 1.88 bits per heavy atom. The number of rotatable bonds is 2. The standard InChI is InChI=1S/C10H7NO5/c12-7-5-3-1-2-4-6(5)11(8(7)13)9(14)10(15)16/h1-4,9,14H,(H,15,16). The maximum Gasteiger partial charge on any atom is 0.354 e. The molecule has 1 aromatic rings. The molecule has 0 aliphatic carbocycles. The van der Waals surface area contributed by atoms with Gasteiger partial charge < -0.3 is 10.2 Å². The number of carbonyl (C=O) groups excluding carboxylic acids is 2. The van der Waals surface area contributed by atoms with Crippen LogP contribution >= 0.6 is 0 Å². The third-order valence-corrected chi connectivity index (χ3v) is 2.29. The van der Waals surface area contributed by atoms with Crippen molar-refractivity contribution in [3.05, 3.63) is 29.8 Å². The largest absolute Gasteiger partial charge is 0.478 e. The molecule has 0 aromatic heterocycles. The lowest BCUT2D eigenvalue weighted by Crippen LogP contribution is -2.44. The van der Waals surface area contributed by atoms with Crippen LogP contribution in [0, 0.1) is 0 Å². The predicted octanol–water partition coefficient (Wildman–Crippen LogP) is -0.381. The van der Waals surface area contributed by atoms with Crippen LogP contribution in [0.15, 0.2) is 24.3 Å². The lowest BCUT2D eigenvalue weighted by Gasteiger charge is -2.19. The van der Waals surface area contributed by atoms with Gasteiger partial charge in [-0.1, -0.05) is 12.1 Å². The lowest BCUT2D eigenvalue weighted by molar-refractivity contribution is -0.147. The van der Waals surface area contributed by atoms with Crippen LogP contribution < -0.4 is 4.90 Å². The van der Waals surface area contributed by atoms with Gasteiger partial charge in [-0.25, -0.2) is 4.79 Å². The Morgan fingerprint density at radius 1 is 1.25 bits per heavy atom. The van der Waals surface area contributed by atoms with Crippen LogP contribution in [-0.4, -0.2) is 34.1 Å². The van der Waals surface area contributed by atoms with Crippen LogP contribution in [-0.2, 0) is 9.59 Å². The smallest absolute Gasteiger partial charge is 0.354 e. The molecule has 1 atom stereocenters. The van der Waals surface area contributed by atoms with E-state index in [1.165, 1.54) is 12.1 Å². The molecule has 2 N–H and O–H groups in total. The minimum absolute atomic E-state index is 0.104. The summed E-state index contributed by atoms with van der Waals surface area (Å²) >= 11 is 0. The van der Waals surface area contributed by atoms with Crippen molar-refractivity contribution in [3.8, 4) is 0 Å². The van der Waals surface area contributed by atoms with E-state index in [2.05, 4.69) is 0 Å². The quantitative estimate of drug-likeness (QED) is 0.663. The summed E-state index contributed by atoms with van der Waals surface area (Å²) in [6, 6.07) is 5.92. The zero-order valence-electron chi connectivity index (χ0n) is 7.95. The molecule has 0 saturated heterocycles. The van der Waals surface area contributed by atoms with Crippen molar-refractivity contribution >= 4 is 23.3 Å². The Bertz CT molecular complexity index is 496. The van der Waals surface area contributed by atoms with Gasteiger partial charge in [0.05, 0.1) is 11.3 Å². The number of hydrogen-bond donors (Lipinski definition) is 2. The Balaban J connectivity index is 2.53. The van der Waals surface area contributed by atoms with Crippen molar-refractivity contribution in [1.29, 1.82) is 0 Å². The molecule has 0 saturated carbocycles. The number of carbonyl (C=O) groups is 3. The van der Waals surface area contributed by atoms with Crippen LogP contribution in [0.3, 0.4) is 0 Å². The van der Waals surface area contributed by atoms with E-state index in [4.69, 9.17) is 5.11 Å².